The largest absolute Gasteiger partial charge is 0.494 e. The summed E-state index contributed by atoms with van der Waals surface area (Å²) >= 11 is 2.12. The lowest BCUT2D eigenvalue weighted by molar-refractivity contribution is 0.387. The minimum atomic E-state index is -0.393. The smallest absolute Gasteiger partial charge is 0.165 e. The number of methoxy groups -OCH3 is 1. The van der Waals surface area contributed by atoms with Gasteiger partial charge in [0.25, 0.3) is 0 Å². The first kappa shape index (κ1) is 12.0. The van der Waals surface area contributed by atoms with Gasteiger partial charge in [-0.3, -0.25) is 0 Å². The Bertz CT molecular complexity index is 536. The molecule has 88 valence electrons. The van der Waals surface area contributed by atoms with Crippen molar-refractivity contribution in [3.63, 3.8) is 0 Å². The van der Waals surface area contributed by atoms with Gasteiger partial charge in [-0.05, 0) is 34.7 Å². The zero-order chi connectivity index (χ0) is 12.3. The summed E-state index contributed by atoms with van der Waals surface area (Å²) in [5.74, 6) is 0.476. The summed E-state index contributed by atoms with van der Waals surface area (Å²) in [7, 11) is 1.43. The maximum atomic E-state index is 13.2. The van der Waals surface area contributed by atoms with Gasteiger partial charge in [0, 0.05) is 18.0 Å². The van der Waals surface area contributed by atoms with Gasteiger partial charge >= 0.3 is 0 Å². The van der Waals surface area contributed by atoms with Crippen molar-refractivity contribution in [1.82, 2.24) is 9.97 Å². The Morgan fingerprint density at radius 1 is 1.41 bits per heavy atom. The van der Waals surface area contributed by atoms with Crippen molar-refractivity contribution in [2.75, 3.05) is 12.4 Å². The molecule has 1 aromatic heterocycles. The van der Waals surface area contributed by atoms with E-state index >= 15 is 0 Å². The highest BCUT2D eigenvalue weighted by Crippen LogP contribution is 2.25. The molecule has 6 heteroatoms. The Morgan fingerprint density at radius 3 is 2.94 bits per heavy atom. The summed E-state index contributed by atoms with van der Waals surface area (Å²) in [6.07, 6.45) is 3.14. The van der Waals surface area contributed by atoms with E-state index in [2.05, 4.69) is 37.9 Å². The molecule has 17 heavy (non-hydrogen) atoms. The molecule has 0 spiro atoms. The highest BCUT2D eigenvalue weighted by molar-refractivity contribution is 14.1. The normalized spacial score (nSPS) is 10.1. The van der Waals surface area contributed by atoms with Crippen LogP contribution in [0.2, 0.25) is 0 Å². The van der Waals surface area contributed by atoms with Crippen LogP contribution in [0.4, 0.5) is 15.9 Å². The van der Waals surface area contributed by atoms with Crippen LogP contribution in [0, 0.1) is 9.39 Å². The fraction of sp³-hybridized carbons (Fsp3) is 0.0909. The first-order valence-corrected chi connectivity index (χ1v) is 5.84. The summed E-state index contributed by atoms with van der Waals surface area (Å²) in [6.45, 7) is 0. The molecule has 0 saturated carbocycles. The summed E-state index contributed by atoms with van der Waals surface area (Å²) in [5, 5.41) is 3.07. The number of anilines is 2. The van der Waals surface area contributed by atoms with Gasteiger partial charge in [0.15, 0.2) is 11.6 Å². The van der Waals surface area contributed by atoms with Crippen LogP contribution in [0.1, 0.15) is 0 Å². The maximum absolute atomic E-state index is 13.2. The number of nitrogens with one attached hydrogen (secondary N) is 1. The Balaban J connectivity index is 2.28. The predicted molar refractivity (Wildman–Crippen MR) is 71.0 cm³/mol. The van der Waals surface area contributed by atoms with Crippen LogP contribution in [0.3, 0.4) is 0 Å². The Kier molecular flexibility index (Phi) is 3.72. The first-order valence-electron chi connectivity index (χ1n) is 4.77. The average molecular weight is 345 g/mol. The maximum Gasteiger partial charge on any atom is 0.165 e. The number of nitrogens with zero attached hydrogens (tertiary/aromatic N) is 2. The minimum absolute atomic E-state index is 0.194. The number of benzene rings is 1. The van der Waals surface area contributed by atoms with Crippen molar-refractivity contribution in [1.29, 1.82) is 0 Å². The quantitative estimate of drug-likeness (QED) is 0.869. The molecular formula is C11H9FIN3O. The van der Waals surface area contributed by atoms with E-state index < -0.39 is 5.82 Å². The third kappa shape index (κ3) is 2.82. The molecule has 0 radical (unpaired) electrons. The average Bonchev–Trinajstić information content (AvgIpc) is 2.34. The molecule has 0 amide bonds. The first-order chi connectivity index (χ1) is 8.20. The van der Waals surface area contributed by atoms with E-state index in [9.17, 15) is 4.39 Å². The van der Waals surface area contributed by atoms with Crippen molar-refractivity contribution in [2.45, 2.75) is 0 Å². The van der Waals surface area contributed by atoms with E-state index in [0.717, 1.165) is 3.57 Å². The zero-order valence-corrected chi connectivity index (χ0v) is 11.1. The van der Waals surface area contributed by atoms with Crippen LogP contribution in [0.15, 0.2) is 30.7 Å². The van der Waals surface area contributed by atoms with Crippen molar-refractivity contribution in [3.05, 3.63) is 40.1 Å². The van der Waals surface area contributed by atoms with Gasteiger partial charge in [0.1, 0.15) is 12.1 Å². The van der Waals surface area contributed by atoms with Crippen LogP contribution >= 0.6 is 22.6 Å². The van der Waals surface area contributed by atoms with E-state index in [1.807, 2.05) is 0 Å². The van der Waals surface area contributed by atoms with Gasteiger partial charge < -0.3 is 10.1 Å². The summed E-state index contributed by atoms with van der Waals surface area (Å²) in [4.78, 5) is 7.98. The number of hydrogen-bond acceptors (Lipinski definition) is 4. The standard InChI is InChI=1S/C11H9FIN3O/c1-17-10-4-7(2-3-8(10)12)16-11-9(13)5-14-6-15-11/h2-6H,1H3,(H,14,15,16). The van der Waals surface area contributed by atoms with Gasteiger partial charge in [-0.15, -0.1) is 0 Å². The topological polar surface area (TPSA) is 47.0 Å². The van der Waals surface area contributed by atoms with Crippen LogP contribution < -0.4 is 10.1 Å². The Morgan fingerprint density at radius 2 is 2.24 bits per heavy atom. The summed E-state index contributed by atoms with van der Waals surface area (Å²) in [6, 6.07) is 4.54. The number of ether oxygens (including phenoxy) is 1. The highest BCUT2D eigenvalue weighted by Gasteiger charge is 2.05. The van der Waals surface area contributed by atoms with Gasteiger partial charge in [-0.25, -0.2) is 14.4 Å². The van der Waals surface area contributed by atoms with Gasteiger partial charge in [-0.2, -0.15) is 0 Å². The lowest BCUT2D eigenvalue weighted by atomic mass is 10.3. The molecule has 0 saturated heterocycles. The van der Waals surface area contributed by atoms with E-state index in [0.29, 0.717) is 11.5 Å². The zero-order valence-electron chi connectivity index (χ0n) is 8.95. The molecule has 1 aromatic carbocycles. The van der Waals surface area contributed by atoms with E-state index in [4.69, 9.17) is 4.74 Å². The third-order valence-corrected chi connectivity index (χ3v) is 2.87. The van der Waals surface area contributed by atoms with Crippen molar-refractivity contribution in [3.8, 4) is 5.75 Å². The van der Waals surface area contributed by atoms with Crippen molar-refractivity contribution in [2.24, 2.45) is 0 Å². The SMILES string of the molecule is COc1cc(Nc2ncncc2I)ccc1F. The molecule has 0 fully saturated rings. The van der Waals surface area contributed by atoms with Crippen LogP contribution in [-0.2, 0) is 0 Å². The molecule has 0 aliphatic heterocycles. The molecule has 0 aliphatic rings. The number of halogens is 2. The molecule has 0 unspecified atom stereocenters. The molecule has 0 bridgehead atoms. The lowest BCUT2D eigenvalue weighted by Crippen LogP contribution is -1.98. The number of hydrogen-bond donors (Lipinski definition) is 1. The Hall–Kier alpha value is -1.44. The van der Waals surface area contributed by atoms with Gasteiger partial charge in [-0.1, -0.05) is 0 Å². The van der Waals surface area contributed by atoms with Crippen LogP contribution in [-0.4, -0.2) is 17.1 Å². The number of aromatic nitrogens is 2. The summed E-state index contributed by atoms with van der Waals surface area (Å²) < 4.78 is 19.0. The molecule has 0 aliphatic carbocycles. The van der Waals surface area contributed by atoms with Gasteiger partial charge in [0.2, 0.25) is 0 Å². The van der Waals surface area contributed by atoms with E-state index in [1.165, 1.54) is 19.5 Å². The molecule has 4 nitrogen and oxygen atoms in total. The van der Waals surface area contributed by atoms with Gasteiger partial charge in [0.05, 0.1) is 10.7 Å². The van der Waals surface area contributed by atoms with Crippen molar-refractivity contribution >= 4 is 34.1 Å². The predicted octanol–water partition coefficient (Wildman–Crippen LogP) is 2.97. The Labute approximate surface area is 111 Å². The minimum Gasteiger partial charge on any atom is -0.494 e. The second-order valence-corrected chi connectivity index (χ2v) is 4.36. The summed E-state index contributed by atoms with van der Waals surface area (Å²) in [5.41, 5.74) is 0.708. The van der Waals surface area contributed by atoms with Crippen molar-refractivity contribution < 1.29 is 9.13 Å². The molecule has 1 heterocycles. The molecular weight excluding hydrogens is 336 g/mol. The van der Waals surface area contributed by atoms with Crippen LogP contribution in [0.5, 0.6) is 5.75 Å². The van der Waals surface area contributed by atoms with E-state index in [1.54, 1.807) is 18.3 Å². The third-order valence-electron chi connectivity index (χ3n) is 2.08. The van der Waals surface area contributed by atoms with Crippen LogP contribution in [0.25, 0.3) is 0 Å². The number of rotatable bonds is 3. The molecule has 2 rings (SSSR count). The lowest BCUT2D eigenvalue weighted by Gasteiger charge is -2.08. The highest BCUT2D eigenvalue weighted by atomic mass is 127. The molecule has 1 N–H and O–H groups in total. The fourth-order valence-electron chi connectivity index (χ4n) is 1.28. The molecule has 2 aromatic rings. The fourth-order valence-corrected chi connectivity index (χ4v) is 1.71. The second kappa shape index (κ2) is 5.26. The monoisotopic (exact) mass is 345 g/mol. The van der Waals surface area contributed by atoms with E-state index in [-0.39, 0.29) is 5.75 Å². The molecule has 0 atom stereocenters. The second-order valence-electron chi connectivity index (χ2n) is 3.19.